The Morgan fingerprint density at radius 3 is 2.24 bits per heavy atom. The molecule has 1 unspecified atom stereocenters. The maximum Gasteiger partial charge on any atom is 0.416 e. The zero-order chi connectivity index (χ0) is 29.1. The molecule has 2 aliphatic heterocycles. The highest BCUT2D eigenvalue weighted by molar-refractivity contribution is 5.49. The predicted octanol–water partition coefficient (Wildman–Crippen LogP) is 7.55. The molecule has 3 aromatic rings. The summed E-state index contributed by atoms with van der Waals surface area (Å²) in [6.07, 6.45) is 1.92. The van der Waals surface area contributed by atoms with Gasteiger partial charge in [-0.3, -0.25) is 4.90 Å². The van der Waals surface area contributed by atoms with Gasteiger partial charge in [-0.05, 0) is 91.9 Å². The van der Waals surface area contributed by atoms with Crippen molar-refractivity contribution in [2.75, 3.05) is 31.1 Å². The van der Waals surface area contributed by atoms with Crippen molar-refractivity contribution < 1.29 is 17.9 Å². The number of anilines is 1. The molecule has 8 heteroatoms. The molecule has 2 fully saturated rings. The van der Waals surface area contributed by atoms with E-state index >= 15 is 0 Å². The van der Waals surface area contributed by atoms with E-state index in [2.05, 4.69) is 50.3 Å². The van der Waals surface area contributed by atoms with Crippen molar-refractivity contribution in [1.82, 2.24) is 10.2 Å². The van der Waals surface area contributed by atoms with Gasteiger partial charge in [0, 0.05) is 50.2 Å². The minimum absolute atomic E-state index is 0.111. The van der Waals surface area contributed by atoms with Gasteiger partial charge in [-0.25, -0.2) is 4.85 Å². The first kappa shape index (κ1) is 28.6. The van der Waals surface area contributed by atoms with E-state index in [0.717, 1.165) is 94.8 Å². The number of nitrogens with zero attached hydrogens (tertiary/aromatic N) is 3. The third-order valence-electron chi connectivity index (χ3n) is 8.99. The molecule has 0 saturated carbocycles. The second-order valence-corrected chi connectivity index (χ2v) is 11.8. The van der Waals surface area contributed by atoms with Gasteiger partial charge in [-0.1, -0.05) is 30.3 Å². The maximum absolute atomic E-state index is 12.9. The standard InChI is InChI=1S/C34H37F3N4O/c1-38-27-7-2-24(3-8-27)23-40-18-14-28(15-19-40)39-33-13-4-25-22-31(11-12-32(25)33)42-30-16-20-41(21-17-30)29-9-5-26(6-10-29)34(35,36)37/h2-3,5-12,22,28,30,33,39H,4,13-21,23H2. The van der Waals surface area contributed by atoms with Gasteiger partial charge < -0.3 is 15.0 Å². The SMILES string of the molecule is [C-]#[N+]c1ccc(CN2CCC(NC3CCc4cc(OC5CCN(c6ccc(C(F)(F)F)cc6)CC5)ccc43)CC2)cc1. The first-order valence-electron chi connectivity index (χ1n) is 15.0. The molecule has 3 aromatic carbocycles. The Morgan fingerprint density at radius 1 is 0.857 bits per heavy atom. The Balaban J connectivity index is 0.958. The molecule has 0 bridgehead atoms. The Hall–Kier alpha value is -3.54. The van der Waals surface area contributed by atoms with Gasteiger partial charge in [0.25, 0.3) is 0 Å². The molecule has 1 aliphatic carbocycles. The summed E-state index contributed by atoms with van der Waals surface area (Å²) in [4.78, 5) is 8.12. The monoisotopic (exact) mass is 574 g/mol. The van der Waals surface area contributed by atoms with Crippen LogP contribution in [0.4, 0.5) is 24.5 Å². The van der Waals surface area contributed by atoms with E-state index in [9.17, 15) is 13.2 Å². The number of piperidine rings is 2. The molecule has 1 atom stereocenters. The highest BCUT2D eigenvalue weighted by Gasteiger charge is 2.31. The van der Waals surface area contributed by atoms with Crippen LogP contribution in [-0.2, 0) is 19.1 Å². The van der Waals surface area contributed by atoms with E-state index in [4.69, 9.17) is 11.3 Å². The summed E-state index contributed by atoms with van der Waals surface area (Å²) in [7, 11) is 0. The number of hydrogen-bond acceptors (Lipinski definition) is 4. The number of rotatable bonds is 7. The minimum atomic E-state index is -4.31. The normalized spacial score (nSPS) is 20.3. The van der Waals surface area contributed by atoms with Crippen molar-refractivity contribution in [3.63, 3.8) is 0 Å². The lowest BCUT2D eigenvalue weighted by Gasteiger charge is -2.34. The molecule has 0 radical (unpaired) electrons. The molecular formula is C34H37F3N4O. The van der Waals surface area contributed by atoms with Crippen molar-refractivity contribution in [2.45, 2.75) is 69.4 Å². The fourth-order valence-electron chi connectivity index (χ4n) is 6.60. The average molecular weight is 575 g/mol. The Labute approximate surface area is 246 Å². The quantitative estimate of drug-likeness (QED) is 0.296. The summed E-state index contributed by atoms with van der Waals surface area (Å²) in [5, 5.41) is 3.94. The Bertz CT molecular complexity index is 1380. The van der Waals surface area contributed by atoms with Gasteiger partial charge in [0.05, 0.1) is 12.1 Å². The summed E-state index contributed by atoms with van der Waals surface area (Å²) in [6, 6.07) is 20.8. The van der Waals surface area contributed by atoms with Crippen LogP contribution in [0, 0.1) is 6.57 Å². The fourth-order valence-corrected chi connectivity index (χ4v) is 6.60. The molecule has 2 heterocycles. The van der Waals surface area contributed by atoms with Crippen LogP contribution in [-0.4, -0.2) is 43.2 Å². The molecule has 3 aliphatic rings. The molecular weight excluding hydrogens is 537 g/mol. The van der Waals surface area contributed by atoms with E-state index in [0.29, 0.717) is 17.8 Å². The van der Waals surface area contributed by atoms with Crippen LogP contribution in [0.15, 0.2) is 66.7 Å². The number of alkyl halides is 3. The molecule has 2 saturated heterocycles. The van der Waals surface area contributed by atoms with Gasteiger partial charge in [0.15, 0.2) is 5.69 Å². The van der Waals surface area contributed by atoms with Crippen LogP contribution in [0.25, 0.3) is 4.85 Å². The van der Waals surface area contributed by atoms with Crippen LogP contribution in [0.3, 0.4) is 0 Å². The molecule has 5 nitrogen and oxygen atoms in total. The number of likely N-dealkylation sites (tertiary alicyclic amines) is 1. The molecule has 0 spiro atoms. The van der Waals surface area contributed by atoms with Gasteiger partial charge in [0.2, 0.25) is 0 Å². The van der Waals surface area contributed by atoms with Crippen molar-refractivity contribution in [3.8, 4) is 5.75 Å². The highest BCUT2D eigenvalue weighted by Crippen LogP contribution is 2.36. The van der Waals surface area contributed by atoms with Crippen LogP contribution in [0.1, 0.15) is 60.4 Å². The van der Waals surface area contributed by atoms with E-state index in [-0.39, 0.29) is 6.10 Å². The lowest BCUT2D eigenvalue weighted by Crippen LogP contribution is -2.43. The topological polar surface area (TPSA) is 32.1 Å². The number of nitrogens with one attached hydrogen (secondary N) is 1. The van der Waals surface area contributed by atoms with Gasteiger partial charge >= 0.3 is 6.18 Å². The van der Waals surface area contributed by atoms with E-state index < -0.39 is 11.7 Å². The Morgan fingerprint density at radius 2 is 1.57 bits per heavy atom. The molecule has 6 rings (SSSR count). The number of ether oxygens (including phenoxy) is 1. The van der Waals surface area contributed by atoms with Crippen LogP contribution >= 0.6 is 0 Å². The second-order valence-electron chi connectivity index (χ2n) is 11.8. The number of fused-ring (bicyclic) bond motifs is 1. The summed E-state index contributed by atoms with van der Waals surface area (Å²) in [6.45, 7) is 11.7. The van der Waals surface area contributed by atoms with Crippen LogP contribution in [0.2, 0.25) is 0 Å². The molecule has 0 amide bonds. The maximum atomic E-state index is 12.9. The molecule has 0 aromatic heterocycles. The largest absolute Gasteiger partial charge is 0.490 e. The number of benzene rings is 3. The lowest BCUT2D eigenvalue weighted by molar-refractivity contribution is -0.137. The van der Waals surface area contributed by atoms with E-state index in [1.807, 2.05) is 12.1 Å². The predicted molar refractivity (Wildman–Crippen MR) is 159 cm³/mol. The van der Waals surface area contributed by atoms with Crippen molar-refractivity contribution in [2.24, 2.45) is 0 Å². The van der Waals surface area contributed by atoms with Crippen LogP contribution < -0.4 is 15.0 Å². The van der Waals surface area contributed by atoms with Crippen molar-refractivity contribution in [1.29, 1.82) is 0 Å². The third kappa shape index (κ3) is 6.74. The zero-order valence-electron chi connectivity index (χ0n) is 23.7. The molecule has 1 N–H and O–H groups in total. The Kier molecular flexibility index (Phi) is 8.41. The summed E-state index contributed by atoms with van der Waals surface area (Å²) in [5.41, 5.74) is 4.93. The van der Waals surface area contributed by atoms with Crippen molar-refractivity contribution >= 4 is 11.4 Å². The van der Waals surface area contributed by atoms with Crippen LogP contribution in [0.5, 0.6) is 5.75 Å². The smallest absolute Gasteiger partial charge is 0.416 e. The van der Waals surface area contributed by atoms with Gasteiger partial charge in [0.1, 0.15) is 11.9 Å². The number of halogens is 3. The molecule has 42 heavy (non-hydrogen) atoms. The summed E-state index contributed by atoms with van der Waals surface area (Å²) < 4.78 is 45.0. The third-order valence-corrected chi connectivity index (χ3v) is 8.99. The number of hydrogen-bond donors (Lipinski definition) is 1. The molecule has 220 valence electrons. The fraction of sp³-hybridized carbons (Fsp3) is 0.441. The second kappa shape index (κ2) is 12.4. The van der Waals surface area contributed by atoms with Gasteiger partial charge in [-0.2, -0.15) is 13.2 Å². The minimum Gasteiger partial charge on any atom is -0.490 e. The lowest BCUT2D eigenvalue weighted by atomic mass is 10.0. The average Bonchev–Trinajstić information content (AvgIpc) is 3.40. The first-order chi connectivity index (χ1) is 20.3. The zero-order valence-corrected chi connectivity index (χ0v) is 23.7. The summed E-state index contributed by atoms with van der Waals surface area (Å²) >= 11 is 0. The summed E-state index contributed by atoms with van der Waals surface area (Å²) in [5.74, 6) is 0.917. The van der Waals surface area contributed by atoms with E-state index in [1.54, 1.807) is 12.1 Å². The van der Waals surface area contributed by atoms with Crippen molar-refractivity contribution in [3.05, 3.63) is 100 Å². The highest BCUT2D eigenvalue weighted by atomic mass is 19.4. The van der Waals surface area contributed by atoms with E-state index in [1.165, 1.54) is 16.7 Å². The van der Waals surface area contributed by atoms with Gasteiger partial charge in [-0.15, -0.1) is 0 Å². The number of aryl methyl sites for hydroxylation is 1. The first-order valence-corrected chi connectivity index (χ1v) is 15.0.